The summed E-state index contributed by atoms with van der Waals surface area (Å²) in [5, 5.41) is 4.69. The first-order valence-electron chi connectivity index (χ1n) is 8.02. The van der Waals surface area contributed by atoms with E-state index in [4.69, 9.17) is 0 Å². The lowest BCUT2D eigenvalue weighted by Gasteiger charge is -2.23. The number of thiophene rings is 1. The topological polar surface area (TPSA) is 49.4 Å². The number of hydrogen-bond donors (Lipinski definition) is 1. The molecule has 1 aliphatic heterocycles. The Morgan fingerprint density at radius 2 is 2.08 bits per heavy atom. The highest BCUT2D eigenvalue weighted by Gasteiger charge is 2.34. The maximum absolute atomic E-state index is 13.6. The molecule has 0 aliphatic carbocycles. The summed E-state index contributed by atoms with van der Waals surface area (Å²) in [6.07, 6.45) is 1.93. The second-order valence-electron chi connectivity index (χ2n) is 5.77. The number of carbonyl (C=O) groups is 2. The van der Waals surface area contributed by atoms with Gasteiger partial charge >= 0.3 is 0 Å². The fourth-order valence-corrected chi connectivity index (χ4v) is 3.64. The van der Waals surface area contributed by atoms with Gasteiger partial charge in [-0.2, -0.15) is 0 Å². The molecule has 1 saturated heterocycles. The second kappa shape index (κ2) is 7.57. The van der Waals surface area contributed by atoms with Crippen LogP contribution in [0.15, 0.2) is 41.8 Å². The molecule has 4 nitrogen and oxygen atoms in total. The van der Waals surface area contributed by atoms with E-state index in [0.717, 1.165) is 6.42 Å². The molecule has 24 heavy (non-hydrogen) atoms. The highest BCUT2D eigenvalue weighted by molar-refractivity contribution is 7.12. The van der Waals surface area contributed by atoms with E-state index in [2.05, 4.69) is 5.32 Å². The van der Waals surface area contributed by atoms with Gasteiger partial charge in [-0.3, -0.25) is 9.59 Å². The predicted molar refractivity (Wildman–Crippen MR) is 91.5 cm³/mol. The number of amides is 2. The Labute approximate surface area is 144 Å². The van der Waals surface area contributed by atoms with Crippen LogP contribution in [0.4, 0.5) is 4.39 Å². The monoisotopic (exact) mass is 346 g/mol. The number of carbonyl (C=O) groups excluding carboxylic acids is 2. The summed E-state index contributed by atoms with van der Waals surface area (Å²) >= 11 is 1.38. The molecule has 1 fully saturated rings. The van der Waals surface area contributed by atoms with Crippen molar-refractivity contribution in [2.24, 2.45) is 0 Å². The minimum absolute atomic E-state index is 0.0863. The number of likely N-dealkylation sites (tertiary alicyclic amines) is 1. The van der Waals surface area contributed by atoms with Crippen LogP contribution in [0.25, 0.3) is 0 Å². The quantitative estimate of drug-likeness (QED) is 0.905. The third-order valence-corrected chi connectivity index (χ3v) is 5.06. The molecule has 1 aliphatic rings. The molecule has 0 saturated carbocycles. The Morgan fingerprint density at radius 3 is 2.83 bits per heavy atom. The molecule has 1 N–H and O–H groups in total. The highest BCUT2D eigenvalue weighted by atomic mass is 32.1. The summed E-state index contributed by atoms with van der Waals surface area (Å²) in [6.45, 7) is 0.958. The van der Waals surface area contributed by atoms with Gasteiger partial charge < -0.3 is 10.2 Å². The van der Waals surface area contributed by atoms with Crippen molar-refractivity contribution in [3.8, 4) is 0 Å². The molecule has 2 aromatic rings. The van der Waals surface area contributed by atoms with Gasteiger partial charge in [0.25, 0.3) is 5.91 Å². The zero-order valence-electron chi connectivity index (χ0n) is 13.2. The van der Waals surface area contributed by atoms with Crippen molar-refractivity contribution in [2.45, 2.75) is 25.3 Å². The average molecular weight is 346 g/mol. The molecule has 1 atom stereocenters. The number of benzene rings is 1. The van der Waals surface area contributed by atoms with E-state index in [9.17, 15) is 14.0 Å². The van der Waals surface area contributed by atoms with Gasteiger partial charge in [0, 0.05) is 13.1 Å². The van der Waals surface area contributed by atoms with Crippen LogP contribution in [-0.2, 0) is 11.2 Å². The fraction of sp³-hybridized carbons (Fsp3) is 0.333. The first kappa shape index (κ1) is 16.6. The van der Waals surface area contributed by atoms with Gasteiger partial charge in [0.15, 0.2) is 0 Å². The molecule has 0 spiro atoms. The Morgan fingerprint density at radius 1 is 1.25 bits per heavy atom. The lowest BCUT2D eigenvalue weighted by atomic mass is 10.1. The molecule has 3 rings (SSSR count). The summed E-state index contributed by atoms with van der Waals surface area (Å²) in [6, 6.07) is 9.72. The van der Waals surface area contributed by atoms with Crippen LogP contribution in [0, 0.1) is 5.82 Å². The van der Waals surface area contributed by atoms with Crippen LogP contribution in [0.3, 0.4) is 0 Å². The van der Waals surface area contributed by atoms with E-state index in [1.165, 1.54) is 17.4 Å². The molecule has 1 aromatic carbocycles. The van der Waals surface area contributed by atoms with E-state index in [1.807, 2.05) is 11.4 Å². The van der Waals surface area contributed by atoms with Crippen LogP contribution in [0.1, 0.15) is 28.1 Å². The molecule has 1 unspecified atom stereocenters. The molecule has 0 radical (unpaired) electrons. The molecule has 6 heteroatoms. The SMILES string of the molecule is O=C(NCCc1ccccc1F)C1CCCN1C(=O)c1cccs1. The van der Waals surface area contributed by atoms with Crippen LogP contribution in [0.5, 0.6) is 0 Å². The number of nitrogens with zero attached hydrogens (tertiary/aromatic N) is 1. The Hall–Kier alpha value is -2.21. The van der Waals surface area contributed by atoms with Gasteiger partial charge in [0.1, 0.15) is 11.9 Å². The largest absolute Gasteiger partial charge is 0.354 e. The number of hydrogen-bond acceptors (Lipinski definition) is 3. The van der Waals surface area contributed by atoms with Crippen molar-refractivity contribution in [1.82, 2.24) is 10.2 Å². The van der Waals surface area contributed by atoms with Gasteiger partial charge in [0.05, 0.1) is 4.88 Å². The number of halogens is 1. The van der Waals surface area contributed by atoms with Crippen LogP contribution < -0.4 is 5.32 Å². The molecular weight excluding hydrogens is 327 g/mol. The van der Waals surface area contributed by atoms with Crippen molar-refractivity contribution >= 4 is 23.2 Å². The molecule has 2 amide bonds. The van der Waals surface area contributed by atoms with Gasteiger partial charge in [0.2, 0.25) is 5.91 Å². The van der Waals surface area contributed by atoms with Gasteiger partial charge in [-0.25, -0.2) is 4.39 Å². The first-order valence-corrected chi connectivity index (χ1v) is 8.90. The minimum atomic E-state index is -0.430. The third kappa shape index (κ3) is 3.64. The lowest BCUT2D eigenvalue weighted by molar-refractivity contribution is -0.124. The van der Waals surface area contributed by atoms with Crippen LogP contribution >= 0.6 is 11.3 Å². The zero-order chi connectivity index (χ0) is 16.9. The predicted octanol–water partition coefficient (Wildman–Crippen LogP) is 2.85. The van der Waals surface area contributed by atoms with Crippen molar-refractivity contribution in [3.63, 3.8) is 0 Å². The Bertz CT molecular complexity index is 718. The van der Waals surface area contributed by atoms with Crippen molar-refractivity contribution in [2.75, 3.05) is 13.1 Å². The maximum Gasteiger partial charge on any atom is 0.264 e. The second-order valence-corrected chi connectivity index (χ2v) is 6.71. The molecule has 2 heterocycles. The van der Waals surface area contributed by atoms with Crippen molar-refractivity contribution < 1.29 is 14.0 Å². The normalized spacial score (nSPS) is 17.0. The average Bonchev–Trinajstić information content (AvgIpc) is 3.27. The smallest absolute Gasteiger partial charge is 0.264 e. The molecule has 1 aromatic heterocycles. The van der Waals surface area contributed by atoms with Crippen LogP contribution in [-0.4, -0.2) is 35.8 Å². The minimum Gasteiger partial charge on any atom is -0.354 e. The lowest BCUT2D eigenvalue weighted by Crippen LogP contribution is -2.46. The molecular formula is C18H19FN2O2S. The van der Waals surface area contributed by atoms with Gasteiger partial charge in [-0.05, 0) is 42.3 Å². The Kier molecular flexibility index (Phi) is 5.25. The van der Waals surface area contributed by atoms with Crippen molar-refractivity contribution in [3.05, 3.63) is 58.0 Å². The molecule has 0 bridgehead atoms. The highest BCUT2D eigenvalue weighted by Crippen LogP contribution is 2.22. The summed E-state index contributed by atoms with van der Waals surface area (Å²) in [4.78, 5) is 27.2. The summed E-state index contributed by atoms with van der Waals surface area (Å²) in [5.74, 6) is -0.507. The molecule has 126 valence electrons. The Balaban J connectivity index is 1.56. The van der Waals surface area contributed by atoms with Gasteiger partial charge in [-0.15, -0.1) is 11.3 Å². The third-order valence-electron chi connectivity index (χ3n) is 4.20. The van der Waals surface area contributed by atoms with Crippen molar-refractivity contribution in [1.29, 1.82) is 0 Å². The number of nitrogens with one attached hydrogen (secondary N) is 1. The summed E-state index contributed by atoms with van der Waals surface area (Å²) < 4.78 is 13.6. The standard InChI is InChI=1S/C18H19FN2O2S/c19-14-6-2-1-5-13(14)9-10-20-17(22)15-7-3-11-21(15)18(23)16-8-4-12-24-16/h1-2,4-6,8,12,15H,3,7,9-11H2,(H,20,22). The summed E-state index contributed by atoms with van der Waals surface area (Å²) in [7, 11) is 0. The van der Waals surface area contributed by atoms with E-state index >= 15 is 0 Å². The maximum atomic E-state index is 13.6. The van der Waals surface area contributed by atoms with E-state index in [1.54, 1.807) is 29.2 Å². The zero-order valence-corrected chi connectivity index (χ0v) is 14.0. The fourth-order valence-electron chi connectivity index (χ4n) is 2.96. The number of rotatable bonds is 5. The van der Waals surface area contributed by atoms with E-state index < -0.39 is 6.04 Å². The van der Waals surface area contributed by atoms with E-state index in [0.29, 0.717) is 36.4 Å². The first-order chi connectivity index (χ1) is 11.7. The summed E-state index contributed by atoms with van der Waals surface area (Å²) in [5.41, 5.74) is 0.579. The van der Waals surface area contributed by atoms with Gasteiger partial charge in [-0.1, -0.05) is 24.3 Å². The van der Waals surface area contributed by atoms with E-state index in [-0.39, 0.29) is 17.6 Å². The van der Waals surface area contributed by atoms with Crippen LogP contribution in [0.2, 0.25) is 0 Å².